The number of anilines is 4. The fraction of sp³-hybridized carbons (Fsp3) is 0.112. The summed E-state index contributed by atoms with van der Waals surface area (Å²) in [6.07, 6.45) is 4.11. The van der Waals surface area contributed by atoms with E-state index in [1.165, 1.54) is 37.3 Å². The summed E-state index contributed by atoms with van der Waals surface area (Å²) in [5, 5.41) is 8.08. The number of pyridine rings is 4. The van der Waals surface area contributed by atoms with Crippen LogP contribution in [0.25, 0.3) is 89.2 Å². The first-order chi connectivity index (χ1) is 69.4. The first-order valence-electron chi connectivity index (χ1n) is 44.4. The van der Waals surface area contributed by atoms with Gasteiger partial charge in [0, 0.05) is 162 Å². The molecule has 0 unspecified atom stereocenters. The molecule has 8 N–H and O–H groups in total. The molecule has 0 radical (unpaired) electrons. The summed E-state index contributed by atoms with van der Waals surface area (Å²) in [5.41, 5.74) is 16.8. The molecule has 25 nitrogen and oxygen atoms in total. The molecular formula is C107H80F12N20O5S. The summed E-state index contributed by atoms with van der Waals surface area (Å²) >= 11 is 0. The van der Waals surface area contributed by atoms with Crippen LogP contribution in [0.2, 0.25) is 0 Å². The van der Waals surface area contributed by atoms with E-state index in [1.807, 2.05) is 112 Å². The first kappa shape index (κ1) is 98.8. The summed E-state index contributed by atoms with van der Waals surface area (Å²) in [5.74, 6) is 0.408. The number of hydrogen-bond acceptors (Lipinski definition) is 17. The Morgan fingerprint density at radius 3 is 0.993 bits per heavy atom. The Kier molecular flexibility index (Phi) is 28.5. The van der Waals surface area contributed by atoms with Crippen molar-refractivity contribution in [3.8, 4) is 45.0 Å². The second-order valence-corrected chi connectivity index (χ2v) is 35.1. The number of sulfonamides is 1. The highest BCUT2D eigenvalue weighted by molar-refractivity contribution is 7.92. The number of amides is 3. The van der Waals surface area contributed by atoms with Crippen molar-refractivity contribution in [2.45, 2.75) is 83.0 Å². The van der Waals surface area contributed by atoms with Crippen LogP contribution in [-0.4, -0.2) is 106 Å². The van der Waals surface area contributed by atoms with E-state index in [0.29, 0.717) is 83.4 Å². The minimum absolute atomic E-state index is 0.0585. The zero-order chi connectivity index (χ0) is 102. The van der Waals surface area contributed by atoms with Crippen molar-refractivity contribution < 1.29 is 75.5 Å². The monoisotopic (exact) mass is 1980 g/mol. The molecule has 0 aliphatic carbocycles. The summed E-state index contributed by atoms with van der Waals surface area (Å²) in [6, 6.07) is 60.7. The van der Waals surface area contributed by atoms with Crippen LogP contribution in [0.15, 0.2) is 322 Å². The van der Waals surface area contributed by atoms with Gasteiger partial charge in [0.05, 0.1) is 94.1 Å². The topological polar surface area (TPSA) is 351 Å². The maximum atomic E-state index is 13.2. The first-order valence-corrected chi connectivity index (χ1v) is 45.9. The Morgan fingerprint density at radius 2 is 0.628 bits per heavy atom. The maximum Gasteiger partial charge on any atom is 0.416 e. The molecule has 0 aliphatic heterocycles. The number of halogens is 12. The molecule has 0 bridgehead atoms. The standard InChI is InChI=1S/C28H22F3N5O.C27H20F3N5O.C26H20F3N5O2S.C26H18F3N5O/c1-16-10-20(12-21(11-16)28(29,30)31)27(37)34-22-6-5-17(2)19(13-22)14-24-35-23-7-9-33-26(23)25(36-24)18-4-3-8-32-15-18;1-16-7-8-21(33-26(36)17-4-2-6-20(12-17)27(28,29)30)13-19(16)14-23-34-22-9-11-32-25(22)24(35-23)18-5-3-10-31-15-18;1-16-7-8-20(34-37(35,36)21-6-2-5-19(14-21)26(27,28)29)12-18(16)13-23-32-22-9-11-31-25(22)24(33-23)17-4-3-10-30-15-17;27-26(28,29)19-7-2-5-17(14-19)25(35)32-20-8-1-4-16(12-20)13-22-33-21-9-11-31-24(21)23(34-22)18-6-3-10-30-15-18/h3-13,15,33H,14H2,1-2H3,(H,34,37);2-13,15,32H,14H2,1H3,(H,33,36);2-12,14-15,31,34H,13H2,1H3;1-12,14-15,31H,13H2,(H,32,35). The Bertz CT molecular complexity index is 8310. The predicted molar refractivity (Wildman–Crippen MR) is 525 cm³/mol. The van der Waals surface area contributed by atoms with Gasteiger partial charge in [0.25, 0.3) is 27.7 Å². The number of nitrogens with zero attached hydrogens (tertiary/aromatic N) is 12. The lowest BCUT2D eigenvalue weighted by Crippen LogP contribution is -2.15. The fourth-order valence-corrected chi connectivity index (χ4v) is 16.9. The quantitative estimate of drug-likeness (QED) is 0.0310. The minimum Gasteiger partial charge on any atom is -0.358 e. The van der Waals surface area contributed by atoms with E-state index in [4.69, 9.17) is 19.9 Å². The Hall–Kier alpha value is -17.8. The van der Waals surface area contributed by atoms with Gasteiger partial charge in [-0.25, -0.2) is 48.3 Å². The summed E-state index contributed by atoms with van der Waals surface area (Å²) in [4.78, 5) is 105. The highest BCUT2D eigenvalue weighted by Crippen LogP contribution is 2.39. The van der Waals surface area contributed by atoms with Gasteiger partial charge in [-0.05, 0) is 266 Å². The number of rotatable bonds is 21. The van der Waals surface area contributed by atoms with Gasteiger partial charge in [0.2, 0.25) is 0 Å². The molecule has 728 valence electrons. The molecule has 0 spiro atoms. The molecule has 0 atom stereocenters. The highest BCUT2D eigenvalue weighted by Gasteiger charge is 2.36. The molecule has 0 saturated heterocycles. The van der Waals surface area contributed by atoms with E-state index in [0.717, 1.165) is 177 Å². The summed E-state index contributed by atoms with van der Waals surface area (Å²) < 4.78 is 185. The van der Waals surface area contributed by atoms with Gasteiger partial charge in [0.1, 0.15) is 23.3 Å². The van der Waals surface area contributed by atoms with Crippen LogP contribution < -0.4 is 20.7 Å². The van der Waals surface area contributed by atoms with Crippen LogP contribution >= 0.6 is 0 Å². The molecular weight excluding hydrogens is 1910 g/mol. The predicted octanol–water partition coefficient (Wildman–Crippen LogP) is 24.3. The highest BCUT2D eigenvalue weighted by atomic mass is 32.2. The van der Waals surface area contributed by atoms with Gasteiger partial charge >= 0.3 is 24.7 Å². The lowest BCUT2D eigenvalue weighted by molar-refractivity contribution is -0.138. The number of H-pyrrole nitrogens is 4. The molecule has 145 heavy (non-hydrogen) atoms. The Labute approximate surface area is 817 Å². The molecule has 0 saturated carbocycles. The number of hydrogen-bond donors (Lipinski definition) is 8. The number of aromatic nitrogens is 16. The lowest BCUT2D eigenvalue weighted by Gasteiger charge is -2.13. The van der Waals surface area contributed by atoms with Crippen LogP contribution in [0.3, 0.4) is 0 Å². The molecule has 8 aromatic carbocycles. The van der Waals surface area contributed by atoms with E-state index in [9.17, 15) is 75.5 Å². The van der Waals surface area contributed by atoms with Gasteiger partial charge in [-0.2, -0.15) is 52.7 Å². The van der Waals surface area contributed by atoms with Crippen LogP contribution in [0, 0.1) is 27.7 Å². The molecule has 3 amide bonds. The number of benzene rings is 8. The van der Waals surface area contributed by atoms with Crippen molar-refractivity contribution in [1.82, 2.24) is 79.7 Å². The van der Waals surface area contributed by atoms with Crippen molar-refractivity contribution in [3.63, 3.8) is 0 Å². The number of aromatic amines is 4. The number of carbonyl (C=O) groups is 3. The van der Waals surface area contributed by atoms with Gasteiger partial charge in [-0.3, -0.25) is 39.0 Å². The van der Waals surface area contributed by atoms with E-state index < -0.39 is 79.6 Å². The summed E-state index contributed by atoms with van der Waals surface area (Å²) in [7, 11) is -4.25. The number of nitrogens with one attached hydrogen (secondary N) is 8. The third kappa shape index (κ3) is 24.1. The van der Waals surface area contributed by atoms with E-state index in [-0.39, 0.29) is 22.4 Å². The largest absolute Gasteiger partial charge is 0.416 e. The van der Waals surface area contributed by atoms with Crippen molar-refractivity contribution in [2.24, 2.45) is 0 Å². The van der Waals surface area contributed by atoms with Gasteiger partial charge in [0.15, 0.2) is 0 Å². The molecule has 38 heteroatoms. The molecule has 0 fully saturated rings. The van der Waals surface area contributed by atoms with E-state index in [1.54, 1.807) is 135 Å². The SMILES string of the molecule is Cc1cc(C(=O)Nc2ccc(C)c(Cc3nc(-c4cccnc4)c4[nH]ccc4n3)c2)cc(C(F)(F)F)c1.Cc1ccc(NC(=O)c2cccc(C(F)(F)F)c2)cc1Cc1nc(-c2cccnc2)c2[nH]ccc2n1.Cc1ccc(NS(=O)(=O)c2cccc(C(F)(F)F)c2)cc1Cc1nc(-c2cccnc2)c2[nH]ccc2n1.O=C(Nc1cccc(Cc2nc(-c3cccnc3)c3[nH]ccc3n2)c1)c1cccc(C(F)(F)F)c1. The molecule has 12 aromatic heterocycles. The normalized spacial score (nSPS) is 11.7. The van der Waals surface area contributed by atoms with Crippen LogP contribution in [0.4, 0.5) is 75.4 Å². The van der Waals surface area contributed by atoms with E-state index >= 15 is 0 Å². The van der Waals surface area contributed by atoms with Gasteiger partial charge in [-0.1, -0.05) is 48.5 Å². The molecule has 20 aromatic rings. The van der Waals surface area contributed by atoms with Crippen molar-refractivity contribution in [2.75, 3.05) is 20.7 Å². The molecule has 0 aliphatic rings. The van der Waals surface area contributed by atoms with Crippen molar-refractivity contribution in [1.29, 1.82) is 0 Å². The fourth-order valence-electron chi connectivity index (χ4n) is 15.8. The maximum absolute atomic E-state index is 13.2. The number of alkyl halides is 12. The third-order valence-electron chi connectivity index (χ3n) is 23.0. The Balaban J connectivity index is 0.000000132. The second-order valence-electron chi connectivity index (χ2n) is 33.4. The van der Waals surface area contributed by atoms with Crippen molar-refractivity contribution in [3.05, 3.63) is 424 Å². The average Bonchev–Trinajstić information content (AvgIpc) is 1.69. The number of fused-ring (bicyclic) bond motifs is 4. The lowest BCUT2D eigenvalue weighted by atomic mass is 10.0. The zero-order valence-electron chi connectivity index (χ0n) is 76.7. The smallest absolute Gasteiger partial charge is 0.358 e. The minimum atomic E-state index is -4.65. The zero-order valence-corrected chi connectivity index (χ0v) is 77.5. The van der Waals surface area contributed by atoms with Gasteiger partial charge in [-0.15, -0.1) is 0 Å². The molecule has 20 rings (SSSR count). The number of carbonyl (C=O) groups excluding carboxylic acids is 3. The van der Waals surface area contributed by atoms with E-state index in [2.05, 4.69) is 80.5 Å². The third-order valence-corrected chi connectivity index (χ3v) is 24.4. The van der Waals surface area contributed by atoms with Crippen LogP contribution in [0.1, 0.15) is 121 Å². The summed E-state index contributed by atoms with van der Waals surface area (Å²) in [6.45, 7) is 7.27. The Morgan fingerprint density at radius 1 is 0.303 bits per heavy atom. The van der Waals surface area contributed by atoms with Crippen molar-refractivity contribution >= 4 is 94.6 Å². The average molecular weight is 1990 g/mol. The van der Waals surface area contributed by atoms with Gasteiger partial charge < -0.3 is 35.9 Å². The second kappa shape index (κ2) is 41.9. The van der Waals surface area contributed by atoms with Crippen LogP contribution in [0.5, 0.6) is 0 Å². The van der Waals surface area contributed by atoms with Crippen LogP contribution in [-0.2, 0) is 60.4 Å². The number of aryl methyl sites for hydroxylation is 4. The molecule has 12 heterocycles.